The Hall–Kier alpha value is -2.28. The molecule has 1 saturated carbocycles. The van der Waals surface area contributed by atoms with Crippen LogP contribution in [0.4, 0.5) is 0 Å². The van der Waals surface area contributed by atoms with Crippen LogP contribution in [0.2, 0.25) is 0 Å². The maximum atomic E-state index is 13.1. The minimum atomic E-state index is -0.0507. The number of methoxy groups -OCH3 is 3. The summed E-state index contributed by atoms with van der Waals surface area (Å²) in [6.07, 6.45) is 1.64. The fourth-order valence-corrected chi connectivity index (χ4v) is 4.48. The maximum Gasteiger partial charge on any atom is 0.257 e. The van der Waals surface area contributed by atoms with E-state index in [4.69, 9.17) is 14.2 Å². The molecular formula is C20H28N2O5. The van der Waals surface area contributed by atoms with Crippen molar-refractivity contribution < 1.29 is 23.8 Å². The molecule has 1 aliphatic carbocycles. The summed E-state index contributed by atoms with van der Waals surface area (Å²) in [7, 11) is 4.78. The van der Waals surface area contributed by atoms with Gasteiger partial charge in [0.25, 0.3) is 5.91 Å². The monoisotopic (exact) mass is 376 g/mol. The third-order valence-corrected chi connectivity index (χ3v) is 5.73. The Balaban J connectivity index is 1.76. The summed E-state index contributed by atoms with van der Waals surface area (Å²) >= 11 is 0. The molecule has 0 spiro atoms. The standard InChI is InChI=1S/C20H28N2O5/c1-12(23)21-16-8-13-10-22(11-14(13)9-18(16)26-3)20(24)15-6-5-7-17(25-2)19(15)27-4/h5-7,13-14,16,18H,8-11H2,1-4H3,(H,21,23)/t13-,14+,16-,18-/m1/s1. The van der Waals surface area contributed by atoms with Crippen LogP contribution < -0.4 is 14.8 Å². The number of carbonyl (C=O) groups excluding carboxylic acids is 2. The van der Waals surface area contributed by atoms with E-state index in [1.807, 2.05) is 4.90 Å². The topological polar surface area (TPSA) is 77.1 Å². The van der Waals surface area contributed by atoms with E-state index in [0.717, 1.165) is 12.8 Å². The lowest BCUT2D eigenvalue weighted by atomic mass is 9.77. The molecule has 0 bridgehead atoms. The lowest BCUT2D eigenvalue weighted by Crippen LogP contribution is -2.49. The third kappa shape index (κ3) is 3.88. The van der Waals surface area contributed by atoms with E-state index in [2.05, 4.69) is 5.32 Å². The minimum Gasteiger partial charge on any atom is -0.493 e. The number of nitrogens with zero attached hydrogens (tertiary/aromatic N) is 1. The molecule has 2 amide bonds. The second kappa shape index (κ2) is 8.17. The first kappa shape index (κ1) is 19.5. The Bertz CT molecular complexity index is 708. The van der Waals surface area contributed by atoms with Crippen molar-refractivity contribution in [2.75, 3.05) is 34.4 Å². The van der Waals surface area contributed by atoms with Crippen molar-refractivity contribution >= 4 is 11.8 Å². The van der Waals surface area contributed by atoms with Gasteiger partial charge in [-0.15, -0.1) is 0 Å². The van der Waals surface area contributed by atoms with Gasteiger partial charge >= 0.3 is 0 Å². The van der Waals surface area contributed by atoms with Crippen LogP contribution in [-0.4, -0.2) is 63.3 Å². The Morgan fingerprint density at radius 1 is 1.07 bits per heavy atom. The van der Waals surface area contributed by atoms with E-state index in [9.17, 15) is 9.59 Å². The first-order chi connectivity index (χ1) is 13.0. The van der Waals surface area contributed by atoms with Crippen molar-refractivity contribution in [3.8, 4) is 11.5 Å². The predicted molar refractivity (Wildman–Crippen MR) is 100 cm³/mol. The number of benzene rings is 1. The Morgan fingerprint density at radius 2 is 1.78 bits per heavy atom. The average Bonchev–Trinajstić information content (AvgIpc) is 3.08. The normalized spacial score (nSPS) is 27.0. The molecule has 2 fully saturated rings. The van der Waals surface area contributed by atoms with Crippen molar-refractivity contribution in [2.24, 2.45) is 11.8 Å². The van der Waals surface area contributed by atoms with Crippen molar-refractivity contribution in [1.82, 2.24) is 10.2 Å². The maximum absolute atomic E-state index is 13.1. The highest BCUT2D eigenvalue weighted by atomic mass is 16.5. The van der Waals surface area contributed by atoms with Gasteiger partial charge in [-0.3, -0.25) is 9.59 Å². The van der Waals surface area contributed by atoms with Crippen LogP contribution in [0.15, 0.2) is 18.2 Å². The first-order valence-electron chi connectivity index (χ1n) is 9.28. The number of ether oxygens (including phenoxy) is 3. The molecule has 148 valence electrons. The third-order valence-electron chi connectivity index (χ3n) is 5.73. The molecule has 2 aliphatic rings. The summed E-state index contributed by atoms with van der Waals surface area (Å²) in [6.45, 7) is 2.89. The molecule has 3 rings (SSSR count). The average molecular weight is 376 g/mol. The van der Waals surface area contributed by atoms with Gasteiger partial charge in [0, 0.05) is 27.1 Å². The summed E-state index contributed by atoms with van der Waals surface area (Å²) in [5, 5.41) is 3.00. The van der Waals surface area contributed by atoms with Gasteiger partial charge in [-0.25, -0.2) is 0 Å². The van der Waals surface area contributed by atoms with Gasteiger partial charge in [-0.1, -0.05) is 6.07 Å². The van der Waals surface area contributed by atoms with Gasteiger partial charge < -0.3 is 24.4 Å². The van der Waals surface area contributed by atoms with Crippen LogP contribution in [0.3, 0.4) is 0 Å². The van der Waals surface area contributed by atoms with E-state index < -0.39 is 0 Å². The summed E-state index contributed by atoms with van der Waals surface area (Å²) in [5.74, 6) is 1.64. The number of amides is 2. The number of likely N-dealkylation sites (tertiary alicyclic amines) is 1. The number of hydrogen-bond acceptors (Lipinski definition) is 5. The van der Waals surface area contributed by atoms with Crippen molar-refractivity contribution in [1.29, 1.82) is 0 Å². The second-order valence-corrected chi connectivity index (χ2v) is 7.32. The quantitative estimate of drug-likeness (QED) is 0.847. The molecule has 1 saturated heterocycles. The highest BCUT2D eigenvalue weighted by Gasteiger charge is 2.44. The second-order valence-electron chi connectivity index (χ2n) is 7.32. The first-order valence-corrected chi connectivity index (χ1v) is 9.28. The zero-order valence-electron chi connectivity index (χ0n) is 16.4. The van der Waals surface area contributed by atoms with Gasteiger partial charge in [0.1, 0.15) is 0 Å². The molecule has 0 radical (unpaired) electrons. The fourth-order valence-electron chi connectivity index (χ4n) is 4.48. The molecule has 1 N–H and O–H groups in total. The van der Waals surface area contributed by atoms with E-state index in [1.165, 1.54) is 6.92 Å². The molecule has 1 aliphatic heterocycles. The Kier molecular flexibility index (Phi) is 5.89. The number of nitrogens with one attached hydrogen (secondary N) is 1. The number of para-hydroxylation sites is 1. The van der Waals surface area contributed by atoms with Crippen molar-refractivity contribution in [3.05, 3.63) is 23.8 Å². The van der Waals surface area contributed by atoms with Gasteiger partial charge in [0.05, 0.1) is 31.9 Å². The summed E-state index contributed by atoms with van der Waals surface area (Å²) in [6, 6.07) is 5.34. The number of rotatable bonds is 5. The molecule has 0 aromatic heterocycles. The van der Waals surface area contributed by atoms with Crippen LogP contribution in [0.25, 0.3) is 0 Å². The lowest BCUT2D eigenvalue weighted by Gasteiger charge is -2.37. The summed E-state index contributed by atoms with van der Waals surface area (Å²) in [5.41, 5.74) is 0.511. The molecule has 1 aromatic carbocycles. The van der Waals surface area contributed by atoms with Gasteiger partial charge in [0.15, 0.2) is 11.5 Å². The molecule has 1 aromatic rings. The van der Waals surface area contributed by atoms with Gasteiger partial charge in [-0.05, 0) is 36.8 Å². The molecule has 1 heterocycles. The molecular weight excluding hydrogens is 348 g/mol. The van der Waals surface area contributed by atoms with Crippen LogP contribution in [0, 0.1) is 11.8 Å². The van der Waals surface area contributed by atoms with E-state index in [-0.39, 0.29) is 24.0 Å². The number of carbonyl (C=O) groups is 2. The van der Waals surface area contributed by atoms with Gasteiger partial charge in [0.2, 0.25) is 5.91 Å². The molecule has 4 atom stereocenters. The largest absolute Gasteiger partial charge is 0.493 e. The highest BCUT2D eigenvalue weighted by molar-refractivity contribution is 5.98. The Labute approximate surface area is 160 Å². The van der Waals surface area contributed by atoms with Crippen molar-refractivity contribution in [2.45, 2.75) is 31.9 Å². The highest BCUT2D eigenvalue weighted by Crippen LogP contribution is 2.39. The van der Waals surface area contributed by atoms with E-state index in [0.29, 0.717) is 42.0 Å². The van der Waals surface area contributed by atoms with E-state index >= 15 is 0 Å². The molecule has 0 unspecified atom stereocenters. The van der Waals surface area contributed by atoms with Crippen LogP contribution in [0.5, 0.6) is 11.5 Å². The summed E-state index contributed by atoms with van der Waals surface area (Å²) in [4.78, 5) is 26.5. The van der Waals surface area contributed by atoms with Crippen LogP contribution in [-0.2, 0) is 9.53 Å². The molecule has 7 heteroatoms. The van der Waals surface area contributed by atoms with Gasteiger partial charge in [-0.2, -0.15) is 0 Å². The summed E-state index contributed by atoms with van der Waals surface area (Å²) < 4.78 is 16.3. The lowest BCUT2D eigenvalue weighted by molar-refractivity contribution is -0.121. The fraction of sp³-hybridized carbons (Fsp3) is 0.600. The van der Waals surface area contributed by atoms with Crippen LogP contribution in [0.1, 0.15) is 30.1 Å². The Morgan fingerprint density at radius 3 is 2.37 bits per heavy atom. The molecule has 7 nitrogen and oxygen atoms in total. The SMILES string of the molecule is COc1cccc(C(=O)N2C[C@H]3C[C@@H](NC(C)=O)[C@H](OC)C[C@H]3C2)c1OC. The van der Waals surface area contributed by atoms with Crippen molar-refractivity contribution in [3.63, 3.8) is 0 Å². The minimum absolute atomic E-state index is 0.00448. The zero-order valence-corrected chi connectivity index (χ0v) is 16.4. The smallest absolute Gasteiger partial charge is 0.257 e. The number of hydrogen-bond donors (Lipinski definition) is 1. The van der Waals surface area contributed by atoms with E-state index in [1.54, 1.807) is 39.5 Å². The zero-order chi connectivity index (χ0) is 19.6. The van der Waals surface area contributed by atoms with Crippen LogP contribution >= 0.6 is 0 Å². The molecule has 27 heavy (non-hydrogen) atoms. The predicted octanol–water partition coefficient (Wildman–Crippen LogP) is 1.71. The number of fused-ring (bicyclic) bond motifs is 1.